The highest BCUT2D eigenvalue weighted by Crippen LogP contribution is 2.26. The third-order valence-corrected chi connectivity index (χ3v) is 5.49. The number of nitrogens with one attached hydrogen (secondary N) is 2. The van der Waals surface area contributed by atoms with Gasteiger partial charge in [0.1, 0.15) is 11.4 Å². The van der Waals surface area contributed by atoms with E-state index in [1.807, 2.05) is 31.3 Å². The molecule has 154 valence electrons. The molecule has 7 nitrogen and oxygen atoms in total. The summed E-state index contributed by atoms with van der Waals surface area (Å²) in [5, 5.41) is 10.7. The first-order chi connectivity index (χ1) is 14.1. The van der Waals surface area contributed by atoms with Crippen molar-refractivity contribution in [3.63, 3.8) is 0 Å². The maximum absolute atomic E-state index is 12.8. The number of rotatable bonds is 8. The second-order valence-electron chi connectivity index (χ2n) is 7.63. The number of carbonyl (C=O) groups excluding carboxylic acids is 1. The van der Waals surface area contributed by atoms with E-state index in [0.29, 0.717) is 23.6 Å². The van der Waals surface area contributed by atoms with Crippen LogP contribution in [-0.4, -0.2) is 39.8 Å². The van der Waals surface area contributed by atoms with Crippen LogP contribution in [0.5, 0.6) is 0 Å². The number of nitrogens with zero attached hydrogens (tertiary/aromatic N) is 4. The van der Waals surface area contributed by atoms with E-state index in [0.717, 1.165) is 24.3 Å². The summed E-state index contributed by atoms with van der Waals surface area (Å²) in [4.78, 5) is 21.1. The summed E-state index contributed by atoms with van der Waals surface area (Å²) in [6, 6.07) is 2.09. The summed E-state index contributed by atoms with van der Waals surface area (Å²) >= 11 is 0. The van der Waals surface area contributed by atoms with Gasteiger partial charge in [-0.3, -0.25) is 9.79 Å². The number of fused-ring (bicyclic) bond motifs is 1. The normalized spacial score (nSPS) is 20.1. The molecule has 0 radical (unpaired) electrons. The first-order valence-electron chi connectivity index (χ1n) is 10.3. The van der Waals surface area contributed by atoms with Gasteiger partial charge in [0, 0.05) is 25.0 Å². The van der Waals surface area contributed by atoms with Gasteiger partial charge < -0.3 is 10.6 Å². The summed E-state index contributed by atoms with van der Waals surface area (Å²) in [6.07, 6.45) is 14.5. The van der Waals surface area contributed by atoms with Gasteiger partial charge in [-0.25, -0.2) is 9.50 Å². The highest BCUT2D eigenvalue weighted by Gasteiger charge is 2.23. The van der Waals surface area contributed by atoms with Gasteiger partial charge in [-0.2, -0.15) is 5.10 Å². The molecule has 1 saturated carbocycles. The SMILES string of the molecule is C=N/C=C\C=C(/C)CNc1ccn2ncc(C(=O)NC3CCC(CC)CC3)c2n1. The Kier molecular flexibility index (Phi) is 7.16. The standard InChI is InChI=1S/C22H30N6O/c1-4-17-7-9-18(10-8-17)26-22(29)19-15-25-28-13-11-20(27-21(19)28)24-14-16(2)6-5-12-23-3/h5-6,11-13,15,17-18H,3-4,7-10,14H2,1-2H3,(H,24,27)(H,26,29)/b12-5-,16-6+. The van der Waals surface area contributed by atoms with E-state index in [9.17, 15) is 4.79 Å². The lowest BCUT2D eigenvalue weighted by Crippen LogP contribution is -2.37. The van der Waals surface area contributed by atoms with Gasteiger partial charge in [0.2, 0.25) is 0 Å². The number of hydrogen-bond donors (Lipinski definition) is 2. The first kappa shape index (κ1) is 20.8. The number of allylic oxidation sites excluding steroid dienone is 2. The number of hydrogen-bond acceptors (Lipinski definition) is 5. The maximum atomic E-state index is 12.8. The number of aromatic nitrogens is 3. The van der Waals surface area contributed by atoms with Gasteiger partial charge in [0.05, 0.1) is 6.20 Å². The van der Waals surface area contributed by atoms with Gasteiger partial charge >= 0.3 is 0 Å². The van der Waals surface area contributed by atoms with E-state index in [1.165, 1.54) is 19.3 Å². The molecule has 1 amide bonds. The van der Waals surface area contributed by atoms with Crippen molar-refractivity contribution < 1.29 is 4.79 Å². The zero-order valence-corrected chi connectivity index (χ0v) is 17.3. The molecule has 2 aromatic heterocycles. The van der Waals surface area contributed by atoms with Crippen molar-refractivity contribution in [3.05, 3.63) is 47.9 Å². The Balaban J connectivity index is 1.65. The Hall–Kier alpha value is -2.96. The minimum atomic E-state index is -0.0947. The monoisotopic (exact) mass is 394 g/mol. The van der Waals surface area contributed by atoms with E-state index in [-0.39, 0.29) is 11.9 Å². The molecule has 1 aliphatic carbocycles. The molecule has 1 fully saturated rings. The molecule has 7 heteroatoms. The van der Waals surface area contributed by atoms with Crippen LogP contribution in [0.2, 0.25) is 0 Å². The maximum Gasteiger partial charge on any atom is 0.256 e. The van der Waals surface area contributed by atoms with E-state index < -0.39 is 0 Å². The molecule has 0 aromatic carbocycles. The summed E-state index contributed by atoms with van der Waals surface area (Å²) in [5.41, 5.74) is 2.20. The Morgan fingerprint density at radius 1 is 1.38 bits per heavy atom. The van der Waals surface area contributed by atoms with Gasteiger partial charge in [-0.1, -0.05) is 25.0 Å². The first-order valence-corrected chi connectivity index (χ1v) is 10.3. The molecule has 2 N–H and O–H groups in total. The smallest absolute Gasteiger partial charge is 0.256 e. The van der Waals surface area contributed by atoms with Gasteiger partial charge in [-0.15, -0.1) is 0 Å². The Labute approximate surface area is 172 Å². The molecule has 2 aromatic rings. The fourth-order valence-electron chi connectivity index (χ4n) is 3.66. The molecular weight excluding hydrogens is 364 g/mol. The molecule has 3 rings (SSSR count). The van der Waals surface area contributed by atoms with Crippen LogP contribution in [0.25, 0.3) is 5.65 Å². The lowest BCUT2D eigenvalue weighted by Gasteiger charge is -2.28. The molecule has 0 atom stereocenters. The highest BCUT2D eigenvalue weighted by molar-refractivity contribution is 5.99. The van der Waals surface area contributed by atoms with Gasteiger partial charge in [0.15, 0.2) is 5.65 Å². The molecule has 0 unspecified atom stereocenters. The quantitative estimate of drug-likeness (QED) is 0.524. The molecular formula is C22H30N6O. The van der Waals surface area contributed by atoms with E-state index >= 15 is 0 Å². The van der Waals surface area contributed by atoms with Crippen molar-refractivity contribution in [1.29, 1.82) is 0 Å². The van der Waals surface area contributed by atoms with Crippen molar-refractivity contribution >= 4 is 24.1 Å². The number of anilines is 1. The molecule has 29 heavy (non-hydrogen) atoms. The summed E-state index contributed by atoms with van der Waals surface area (Å²) in [7, 11) is 0. The summed E-state index contributed by atoms with van der Waals surface area (Å²) < 4.78 is 1.63. The average molecular weight is 395 g/mol. The second-order valence-corrected chi connectivity index (χ2v) is 7.63. The number of carbonyl (C=O) groups is 1. The third-order valence-electron chi connectivity index (χ3n) is 5.49. The van der Waals surface area contributed by atoms with Crippen LogP contribution in [-0.2, 0) is 0 Å². The molecule has 0 aliphatic heterocycles. The molecule has 1 aliphatic rings. The molecule has 0 bridgehead atoms. The predicted octanol–water partition coefficient (Wildman–Crippen LogP) is 4.00. The fourth-order valence-corrected chi connectivity index (χ4v) is 3.66. The minimum Gasteiger partial charge on any atom is -0.366 e. The molecule has 2 heterocycles. The van der Waals surface area contributed by atoms with Crippen molar-refractivity contribution in [2.24, 2.45) is 10.9 Å². The zero-order chi connectivity index (χ0) is 20.6. The van der Waals surface area contributed by atoms with Crippen LogP contribution in [0.4, 0.5) is 5.82 Å². The topological polar surface area (TPSA) is 83.7 Å². The summed E-state index contributed by atoms with van der Waals surface area (Å²) in [5.74, 6) is 1.41. The van der Waals surface area contributed by atoms with Crippen LogP contribution in [0.1, 0.15) is 56.3 Å². The highest BCUT2D eigenvalue weighted by atomic mass is 16.1. The molecule has 0 saturated heterocycles. The van der Waals surface area contributed by atoms with Crippen molar-refractivity contribution in [3.8, 4) is 0 Å². The van der Waals surface area contributed by atoms with Crippen LogP contribution in [0, 0.1) is 5.92 Å². The van der Waals surface area contributed by atoms with Crippen molar-refractivity contribution in [1.82, 2.24) is 19.9 Å². The van der Waals surface area contributed by atoms with E-state index in [2.05, 4.69) is 39.3 Å². The van der Waals surface area contributed by atoms with Gasteiger partial charge in [0.25, 0.3) is 5.91 Å². The Morgan fingerprint density at radius 3 is 2.90 bits per heavy atom. The zero-order valence-electron chi connectivity index (χ0n) is 17.3. The van der Waals surface area contributed by atoms with Gasteiger partial charge in [-0.05, 0) is 57.4 Å². The largest absolute Gasteiger partial charge is 0.366 e. The van der Waals surface area contributed by atoms with Crippen LogP contribution < -0.4 is 10.6 Å². The van der Waals surface area contributed by atoms with Crippen LogP contribution >= 0.6 is 0 Å². The molecule has 0 spiro atoms. The second kappa shape index (κ2) is 10.0. The predicted molar refractivity (Wildman–Crippen MR) is 117 cm³/mol. The third kappa shape index (κ3) is 5.53. The number of amides is 1. The Bertz CT molecular complexity index is 905. The lowest BCUT2D eigenvalue weighted by molar-refractivity contribution is 0.0923. The van der Waals surface area contributed by atoms with Crippen molar-refractivity contribution in [2.45, 2.75) is 52.0 Å². The van der Waals surface area contributed by atoms with E-state index in [4.69, 9.17) is 0 Å². The lowest BCUT2D eigenvalue weighted by atomic mass is 9.84. The number of aliphatic imine (C=N–C) groups is 1. The fraction of sp³-hybridized carbons (Fsp3) is 0.455. The van der Waals surface area contributed by atoms with Crippen molar-refractivity contribution in [2.75, 3.05) is 11.9 Å². The Morgan fingerprint density at radius 2 is 2.17 bits per heavy atom. The van der Waals surface area contributed by atoms with Crippen LogP contribution in [0.3, 0.4) is 0 Å². The minimum absolute atomic E-state index is 0.0947. The summed E-state index contributed by atoms with van der Waals surface area (Å²) in [6.45, 7) is 8.31. The van der Waals surface area contributed by atoms with Crippen LogP contribution in [0.15, 0.2) is 47.4 Å². The van der Waals surface area contributed by atoms with E-state index in [1.54, 1.807) is 16.9 Å². The average Bonchev–Trinajstić information content (AvgIpc) is 3.16.